The Morgan fingerprint density at radius 1 is 1.36 bits per heavy atom. The SMILES string of the molecule is Cn1cc(C[C@H]2[C@H](N3CCOCC3)CCN2C(=O)c2ccc[nH]2)cn1. The van der Waals surface area contributed by atoms with Crippen molar-refractivity contribution in [1.29, 1.82) is 0 Å². The van der Waals surface area contributed by atoms with E-state index in [1.54, 1.807) is 6.20 Å². The molecule has 0 unspecified atom stereocenters. The molecule has 0 bridgehead atoms. The van der Waals surface area contributed by atoms with Gasteiger partial charge in [-0.1, -0.05) is 0 Å². The molecule has 25 heavy (non-hydrogen) atoms. The summed E-state index contributed by atoms with van der Waals surface area (Å²) in [6.45, 7) is 4.24. The number of H-pyrrole nitrogens is 1. The first-order chi connectivity index (χ1) is 12.2. The van der Waals surface area contributed by atoms with Crippen LogP contribution in [0.2, 0.25) is 0 Å². The van der Waals surface area contributed by atoms with Crippen LogP contribution in [0.1, 0.15) is 22.5 Å². The van der Waals surface area contributed by atoms with Crippen molar-refractivity contribution in [2.24, 2.45) is 7.05 Å². The van der Waals surface area contributed by atoms with E-state index in [2.05, 4.69) is 15.0 Å². The average molecular weight is 343 g/mol. The van der Waals surface area contributed by atoms with Crippen LogP contribution in [0.25, 0.3) is 0 Å². The zero-order valence-corrected chi connectivity index (χ0v) is 14.6. The highest BCUT2D eigenvalue weighted by atomic mass is 16.5. The average Bonchev–Trinajstić information content (AvgIpc) is 3.37. The van der Waals surface area contributed by atoms with Gasteiger partial charge in [-0.05, 0) is 30.5 Å². The maximum Gasteiger partial charge on any atom is 0.270 e. The first kappa shape index (κ1) is 16.4. The third-order valence-corrected chi connectivity index (χ3v) is 5.32. The van der Waals surface area contributed by atoms with Crippen LogP contribution in [0, 0.1) is 0 Å². The molecule has 7 heteroatoms. The van der Waals surface area contributed by atoms with E-state index in [4.69, 9.17) is 4.74 Å². The van der Waals surface area contributed by atoms with Crippen LogP contribution in [0.15, 0.2) is 30.7 Å². The highest BCUT2D eigenvalue weighted by molar-refractivity contribution is 5.93. The van der Waals surface area contributed by atoms with Gasteiger partial charge in [-0.15, -0.1) is 0 Å². The number of hydrogen-bond acceptors (Lipinski definition) is 4. The van der Waals surface area contributed by atoms with Gasteiger partial charge in [0.2, 0.25) is 0 Å². The largest absolute Gasteiger partial charge is 0.379 e. The molecule has 2 aliphatic rings. The number of rotatable bonds is 4. The number of aromatic nitrogens is 3. The van der Waals surface area contributed by atoms with Gasteiger partial charge in [-0.2, -0.15) is 5.10 Å². The zero-order chi connectivity index (χ0) is 17.2. The molecule has 2 fully saturated rings. The maximum atomic E-state index is 13.0. The maximum absolute atomic E-state index is 13.0. The summed E-state index contributed by atoms with van der Waals surface area (Å²) in [4.78, 5) is 20.6. The Hall–Kier alpha value is -2.12. The number of likely N-dealkylation sites (tertiary alicyclic amines) is 1. The molecule has 4 heterocycles. The highest BCUT2D eigenvalue weighted by Crippen LogP contribution is 2.28. The monoisotopic (exact) mass is 343 g/mol. The van der Waals surface area contributed by atoms with Crippen LogP contribution in [-0.2, 0) is 18.2 Å². The summed E-state index contributed by atoms with van der Waals surface area (Å²) in [7, 11) is 1.93. The van der Waals surface area contributed by atoms with Crippen LogP contribution in [0.4, 0.5) is 0 Å². The summed E-state index contributed by atoms with van der Waals surface area (Å²) in [6.07, 6.45) is 7.61. The summed E-state index contributed by atoms with van der Waals surface area (Å²) in [6, 6.07) is 4.27. The highest BCUT2D eigenvalue weighted by Gasteiger charge is 2.41. The van der Waals surface area contributed by atoms with E-state index in [-0.39, 0.29) is 11.9 Å². The Balaban J connectivity index is 1.57. The number of aryl methyl sites for hydroxylation is 1. The molecule has 2 aliphatic heterocycles. The van der Waals surface area contributed by atoms with E-state index in [1.807, 2.05) is 41.2 Å². The Morgan fingerprint density at radius 2 is 2.20 bits per heavy atom. The van der Waals surface area contributed by atoms with Gasteiger partial charge in [-0.25, -0.2) is 0 Å². The predicted molar refractivity (Wildman–Crippen MR) is 93.3 cm³/mol. The second-order valence-electron chi connectivity index (χ2n) is 6.88. The van der Waals surface area contributed by atoms with Crippen molar-refractivity contribution in [2.45, 2.75) is 24.9 Å². The number of carbonyl (C=O) groups is 1. The summed E-state index contributed by atoms with van der Waals surface area (Å²) in [5.74, 6) is 0.0923. The van der Waals surface area contributed by atoms with Crippen LogP contribution >= 0.6 is 0 Å². The molecule has 1 N–H and O–H groups in total. The molecular weight excluding hydrogens is 318 g/mol. The minimum absolute atomic E-state index is 0.0923. The van der Waals surface area contributed by atoms with E-state index < -0.39 is 0 Å². The molecule has 134 valence electrons. The van der Waals surface area contributed by atoms with Gasteiger partial charge in [0.25, 0.3) is 5.91 Å². The minimum atomic E-state index is 0.0923. The third-order valence-electron chi connectivity index (χ3n) is 5.32. The molecule has 7 nitrogen and oxygen atoms in total. The van der Waals surface area contributed by atoms with Gasteiger partial charge in [0, 0.05) is 45.1 Å². The van der Waals surface area contributed by atoms with E-state index in [1.165, 1.54) is 5.56 Å². The van der Waals surface area contributed by atoms with Gasteiger partial charge in [0.1, 0.15) is 5.69 Å². The minimum Gasteiger partial charge on any atom is -0.379 e. The number of ether oxygens (including phenoxy) is 1. The number of hydrogen-bond donors (Lipinski definition) is 1. The van der Waals surface area contributed by atoms with E-state index in [9.17, 15) is 4.79 Å². The number of nitrogens with one attached hydrogen (secondary N) is 1. The summed E-state index contributed by atoms with van der Waals surface area (Å²) in [5.41, 5.74) is 1.84. The van der Waals surface area contributed by atoms with Crippen LogP contribution < -0.4 is 0 Å². The molecule has 0 saturated carbocycles. The first-order valence-electron chi connectivity index (χ1n) is 8.96. The number of morpholine rings is 1. The zero-order valence-electron chi connectivity index (χ0n) is 14.6. The Bertz CT molecular complexity index is 705. The number of aromatic amines is 1. The van der Waals surface area contributed by atoms with Gasteiger partial charge >= 0.3 is 0 Å². The number of nitrogens with zero attached hydrogens (tertiary/aromatic N) is 4. The third kappa shape index (κ3) is 3.34. The molecule has 2 aromatic heterocycles. The quantitative estimate of drug-likeness (QED) is 0.896. The number of amides is 1. The summed E-state index contributed by atoms with van der Waals surface area (Å²) in [5, 5.41) is 4.29. The lowest BCUT2D eigenvalue weighted by Crippen LogP contribution is -2.51. The molecule has 0 aromatic carbocycles. The van der Waals surface area contributed by atoms with Crippen LogP contribution in [0.3, 0.4) is 0 Å². The fourth-order valence-corrected chi connectivity index (χ4v) is 4.11. The van der Waals surface area contributed by atoms with Crippen molar-refractivity contribution in [3.8, 4) is 0 Å². The van der Waals surface area contributed by atoms with Crippen LogP contribution in [0.5, 0.6) is 0 Å². The fourth-order valence-electron chi connectivity index (χ4n) is 4.11. The van der Waals surface area contributed by atoms with Crippen molar-refractivity contribution < 1.29 is 9.53 Å². The Labute approximate surface area is 147 Å². The molecular formula is C18H25N5O2. The van der Waals surface area contributed by atoms with Crippen molar-refractivity contribution in [3.05, 3.63) is 42.0 Å². The second kappa shape index (κ2) is 7.01. The Kier molecular flexibility index (Phi) is 4.59. The molecule has 0 aliphatic carbocycles. The topological polar surface area (TPSA) is 66.4 Å². The Morgan fingerprint density at radius 3 is 2.88 bits per heavy atom. The first-order valence-corrected chi connectivity index (χ1v) is 8.96. The number of carbonyl (C=O) groups excluding carboxylic acids is 1. The van der Waals surface area contributed by atoms with Gasteiger partial charge in [0.15, 0.2) is 0 Å². The smallest absolute Gasteiger partial charge is 0.270 e. The lowest BCUT2D eigenvalue weighted by molar-refractivity contribution is 0.00860. The molecule has 2 saturated heterocycles. The van der Waals surface area contributed by atoms with Gasteiger partial charge < -0.3 is 14.6 Å². The predicted octanol–water partition coefficient (Wildman–Crippen LogP) is 0.906. The molecule has 2 atom stereocenters. The van der Waals surface area contributed by atoms with Crippen molar-refractivity contribution in [3.63, 3.8) is 0 Å². The summed E-state index contributed by atoms with van der Waals surface area (Å²) < 4.78 is 7.33. The van der Waals surface area contributed by atoms with E-state index in [0.717, 1.165) is 45.7 Å². The van der Waals surface area contributed by atoms with Crippen LogP contribution in [-0.4, -0.2) is 75.4 Å². The van der Waals surface area contributed by atoms with E-state index >= 15 is 0 Å². The normalized spacial score (nSPS) is 24.8. The second-order valence-corrected chi connectivity index (χ2v) is 6.88. The van der Waals surface area contributed by atoms with Crippen molar-refractivity contribution >= 4 is 5.91 Å². The van der Waals surface area contributed by atoms with E-state index in [0.29, 0.717) is 11.7 Å². The molecule has 2 aromatic rings. The lowest BCUT2D eigenvalue weighted by Gasteiger charge is -2.37. The van der Waals surface area contributed by atoms with Crippen molar-refractivity contribution in [2.75, 3.05) is 32.8 Å². The molecule has 1 amide bonds. The molecule has 0 radical (unpaired) electrons. The van der Waals surface area contributed by atoms with Gasteiger partial charge in [0.05, 0.1) is 25.5 Å². The standard InChI is InChI=1S/C18H25N5O2/c1-21-13-14(12-20-21)11-17-16(22-7-9-25-10-8-22)4-6-23(17)18(24)15-3-2-5-19-15/h2-3,5,12-13,16-17,19H,4,6-11H2,1H3/t16-,17+/m1/s1. The van der Waals surface area contributed by atoms with Gasteiger partial charge in [-0.3, -0.25) is 14.4 Å². The fraction of sp³-hybridized carbons (Fsp3) is 0.556. The van der Waals surface area contributed by atoms with Crippen molar-refractivity contribution in [1.82, 2.24) is 24.6 Å². The molecule has 0 spiro atoms. The molecule has 4 rings (SSSR count). The summed E-state index contributed by atoms with van der Waals surface area (Å²) >= 11 is 0. The lowest BCUT2D eigenvalue weighted by atomic mass is 10.00.